The molecule has 0 atom stereocenters. The summed E-state index contributed by atoms with van der Waals surface area (Å²) in [5, 5.41) is 2.21. The predicted octanol–water partition coefficient (Wildman–Crippen LogP) is 10.6. The molecule has 0 spiro atoms. The van der Waals surface area contributed by atoms with E-state index in [1.807, 2.05) is 24.3 Å². The molecule has 210 valence electrons. The highest BCUT2D eigenvalue weighted by Crippen LogP contribution is 2.27. The summed E-state index contributed by atoms with van der Waals surface area (Å²) in [6, 6.07) is 12.3. The second kappa shape index (κ2) is 18.8. The topological polar surface area (TPSA) is 44.2 Å². The smallest absolute Gasteiger partial charge is 0.213 e. The lowest BCUT2D eigenvalue weighted by Crippen LogP contribution is -2.00. The third-order valence-electron chi connectivity index (χ3n) is 7.48. The van der Waals surface area contributed by atoms with Crippen molar-refractivity contribution in [2.75, 3.05) is 13.2 Å². The lowest BCUT2D eigenvalue weighted by molar-refractivity contribution is 0.294. The Morgan fingerprint density at radius 2 is 0.763 bits per heavy atom. The van der Waals surface area contributed by atoms with E-state index in [1.54, 1.807) is 0 Å². The van der Waals surface area contributed by atoms with Crippen LogP contribution in [-0.2, 0) is 0 Å². The summed E-state index contributed by atoms with van der Waals surface area (Å²) >= 11 is 0. The van der Waals surface area contributed by atoms with E-state index in [0.29, 0.717) is 11.8 Å². The fourth-order valence-corrected chi connectivity index (χ4v) is 5.12. The van der Waals surface area contributed by atoms with Gasteiger partial charge in [0.25, 0.3) is 0 Å². The lowest BCUT2D eigenvalue weighted by atomic mass is 10.1. The van der Waals surface area contributed by atoms with Crippen LogP contribution in [0.1, 0.15) is 129 Å². The van der Waals surface area contributed by atoms with Crippen LogP contribution < -0.4 is 9.47 Å². The van der Waals surface area contributed by atoms with Gasteiger partial charge in [0.15, 0.2) is 0 Å². The Bertz CT molecular complexity index is 953. The molecule has 0 amide bonds. The van der Waals surface area contributed by atoms with Crippen LogP contribution in [-0.4, -0.2) is 23.2 Å². The summed E-state index contributed by atoms with van der Waals surface area (Å²) in [5.41, 5.74) is 1.90. The highest BCUT2D eigenvalue weighted by atomic mass is 16.5. The normalized spacial score (nSPS) is 11.4. The number of rotatable bonds is 22. The number of pyridine rings is 2. The molecule has 38 heavy (non-hydrogen) atoms. The molecule has 2 heterocycles. The van der Waals surface area contributed by atoms with E-state index in [1.165, 1.54) is 103 Å². The van der Waals surface area contributed by atoms with Crippen molar-refractivity contribution in [3.63, 3.8) is 0 Å². The van der Waals surface area contributed by atoms with Crippen LogP contribution in [0, 0.1) is 0 Å². The van der Waals surface area contributed by atoms with E-state index in [2.05, 4.69) is 26.0 Å². The SMILES string of the molecule is CCCCCCCCCCCOc1ccc2c(ccc3nc(OCCCCCCCCCCC)ccc32)n1. The van der Waals surface area contributed by atoms with Gasteiger partial charge in [0.1, 0.15) is 0 Å². The second-order valence-electron chi connectivity index (χ2n) is 10.9. The molecule has 0 bridgehead atoms. The second-order valence-corrected chi connectivity index (χ2v) is 10.9. The molecular weight excluding hydrogens is 468 g/mol. The first kappa shape index (κ1) is 30.2. The molecule has 0 aliphatic heterocycles. The molecule has 0 unspecified atom stereocenters. The third kappa shape index (κ3) is 11.2. The lowest BCUT2D eigenvalue weighted by Gasteiger charge is -2.09. The van der Waals surface area contributed by atoms with Crippen LogP contribution in [0.2, 0.25) is 0 Å². The van der Waals surface area contributed by atoms with Gasteiger partial charge in [-0.25, -0.2) is 9.97 Å². The first-order valence-corrected chi connectivity index (χ1v) is 15.8. The third-order valence-corrected chi connectivity index (χ3v) is 7.48. The molecule has 0 saturated heterocycles. The van der Waals surface area contributed by atoms with Crippen molar-refractivity contribution in [1.29, 1.82) is 0 Å². The van der Waals surface area contributed by atoms with Crippen molar-refractivity contribution in [3.05, 3.63) is 36.4 Å². The minimum absolute atomic E-state index is 0.713. The van der Waals surface area contributed by atoms with Gasteiger partial charge in [-0.2, -0.15) is 0 Å². The zero-order chi connectivity index (χ0) is 26.7. The van der Waals surface area contributed by atoms with E-state index in [9.17, 15) is 0 Å². The average Bonchev–Trinajstić information content (AvgIpc) is 2.94. The summed E-state index contributed by atoms with van der Waals surface area (Å²) in [7, 11) is 0. The Labute approximate surface area is 231 Å². The van der Waals surface area contributed by atoms with Gasteiger partial charge in [0.05, 0.1) is 24.2 Å². The molecule has 3 rings (SSSR count). The van der Waals surface area contributed by atoms with Gasteiger partial charge in [0.2, 0.25) is 11.8 Å². The monoisotopic (exact) mass is 520 g/mol. The van der Waals surface area contributed by atoms with E-state index < -0.39 is 0 Å². The molecule has 4 heteroatoms. The Morgan fingerprint density at radius 1 is 0.421 bits per heavy atom. The number of nitrogens with zero attached hydrogens (tertiary/aromatic N) is 2. The fraction of sp³-hybridized carbons (Fsp3) is 0.647. The molecule has 0 fully saturated rings. The summed E-state index contributed by atoms with van der Waals surface area (Å²) in [5.74, 6) is 1.43. The number of ether oxygens (including phenoxy) is 2. The van der Waals surface area contributed by atoms with Crippen LogP contribution in [0.4, 0.5) is 0 Å². The number of hydrogen-bond acceptors (Lipinski definition) is 4. The van der Waals surface area contributed by atoms with Crippen LogP contribution in [0.25, 0.3) is 21.8 Å². The minimum Gasteiger partial charge on any atom is -0.478 e. The number of unbranched alkanes of at least 4 members (excludes halogenated alkanes) is 16. The Morgan fingerprint density at radius 3 is 1.13 bits per heavy atom. The quantitative estimate of drug-likeness (QED) is 0.0976. The molecule has 4 nitrogen and oxygen atoms in total. The number of aromatic nitrogens is 2. The van der Waals surface area contributed by atoms with Gasteiger partial charge in [-0.15, -0.1) is 0 Å². The summed E-state index contributed by atoms with van der Waals surface area (Å²) < 4.78 is 11.9. The van der Waals surface area contributed by atoms with Crippen molar-refractivity contribution >= 4 is 21.8 Å². The van der Waals surface area contributed by atoms with Crippen LogP contribution in [0.5, 0.6) is 11.8 Å². The zero-order valence-electron chi connectivity index (χ0n) is 24.3. The molecule has 1 aromatic carbocycles. The maximum atomic E-state index is 5.96. The molecule has 3 aromatic rings. The van der Waals surface area contributed by atoms with Crippen LogP contribution in [0.15, 0.2) is 36.4 Å². The maximum absolute atomic E-state index is 5.96. The first-order chi connectivity index (χ1) is 18.8. The van der Waals surface area contributed by atoms with Gasteiger partial charge in [-0.05, 0) is 37.1 Å². The Hall–Kier alpha value is -2.36. The molecule has 0 aliphatic rings. The Kier molecular flexibility index (Phi) is 14.9. The standard InChI is InChI=1S/C34H52N2O2/c1-3-5-7-9-11-13-15-17-19-27-37-33-25-21-29-30-22-26-34(36-32(30)24-23-31(29)35-33)38-28-20-18-16-14-12-10-8-6-4-2/h21-26H,3-20,27-28H2,1-2H3. The number of benzene rings is 1. The number of hydrogen-bond donors (Lipinski definition) is 0. The fourth-order valence-electron chi connectivity index (χ4n) is 5.12. The van der Waals surface area contributed by atoms with Gasteiger partial charge in [0, 0.05) is 22.9 Å². The zero-order valence-corrected chi connectivity index (χ0v) is 24.3. The summed E-state index contributed by atoms with van der Waals surface area (Å²) in [6.07, 6.45) is 23.7. The van der Waals surface area contributed by atoms with E-state index in [4.69, 9.17) is 19.4 Å². The van der Waals surface area contributed by atoms with E-state index in [0.717, 1.165) is 47.9 Å². The highest BCUT2D eigenvalue weighted by Gasteiger charge is 2.07. The van der Waals surface area contributed by atoms with Crippen molar-refractivity contribution in [1.82, 2.24) is 9.97 Å². The Balaban J connectivity index is 1.36. The van der Waals surface area contributed by atoms with Crippen LogP contribution in [0.3, 0.4) is 0 Å². The molecule has 0 radical (unpaired) electrons. The van der Waals surface area contributed by atoms with Gasteiger partial charge in [-0.3, -0.25) is 0 Å². The van der Waals surface area contributed by atoms with Crippen molar-refractivity contribution < 1.29 is 9.47 Å². The number of fused-ring (bicyclic) bond motifs is 3. The summed E-state index contributed by atoms with van der Waals surface area (Å²) in [4.78, 5) is 9.50. The van der Waals surface area contributed by atoms with Gasteiger partial charge < -0.3 is 9.47 Å². The van der Waals surface area contributed by atoms with E-state index in [-0.39, 0.29) is 0 Å². The minimum atomic E-state index is 0.713. The predicted molar refractivity (Wildman–Crippen MR) is 162 cm³/mol. The maximum Gasteiger partial charge on any atom is 0.213 e. The average molecular weight is 521 g/mol. The van der Waals surface area contributed by atoms with Crippen molar-refractivity contribution in [3.8, 4) is 11.8 Å². The van der Waals surface area contributed by atoms with E-state index >= 15 is 0 Å². The van der Waals surface area contributed by atoms with Crippen molar-refractivity contribution in [2.45, 2.75) is 129 Å². The highest BCUT2D eigenvalue weighted by molar-refractivity contribution is 6.04. The van der Waals surface area contributed by atoms with Gasteiger partial charge in [-0.1, -0.05) is 117 Å². The molecule has 0 aliphatic carbocycles. The van der Waals surface area contributed by atoms with Gasteiger partial charge >= 0.3 is 0 Å². The molecular formula is C34H52N2O2. The largest absolute Gasteiger partial charge is 0.478 e. The molecule has 2 aromatic heterocycles. The molecule has 0 N–H and O–H groups in total. The first-order valence-electron chi connectivity index (χ1n) is 15.8. The van der Waals surface area contributed by atoms with Crippen LogP contribution >= 0.6 is 0 Å². The summed E-state index contributed by atoms with van der Waals surface area (Å²) in [6.45, 7) is 6.02. The van der Waals surface area contributed by atoms with Crippen molar-refractivity contribution in [2.24, 2.45) is 0 Å². The molecule has 0 saturated carbocycles.